The highest BCUT2D eigenvalue weighted by molar-refractivity contribution is 5.95. The third-order valence-corrected chi connectivity index (χ3v) is 6.23. The van der Waals surface area contributed by atoms with E-state index in [2.05, 4.69) is 39.1 Å². The van der Waals surface area contributed by atoms with Gasteiger partial charge in [-0.1, -0.05) is 36.4 Å². The van der Waals surface area contributed by atoms with Crippen molar-refractivity contribution in [2.24, 2.45) is 0 Å². The maximum atomic E-state index is 12.9. The van der Waals surface area contributed by atoms with Crippen LogP contribution in [0.3, 0.4) is 0 Å². The summed E-state index contributed by atoms with van der Waals surface area (Å²) in [5, 5.41) is 10.7. The third kappa shape index (κ3) is 4.65. The molecular formula is C26H24F3N3O. The zero-order valence-electron chi connectivity index (χ0n) is 17.9. The number of pyridine rings is 1. The Labute approximate surface area is 189 Å². The quantitative estimate of drug-likeness (QED) is 0.408. The first-order chi connectivity index (χ1) is 15.9. The van der Waals surface area contributed by atoms with Crippen molar-refractivity contribution in [3.63, 3.8) is 0 Å². The predicted octanol–water partition coefficient (Wildman–Crippen LogP) is 5.87. The molecule has 1 unspecified atom stereocenters. The van der Waals surface area contributed by atoms with Crippen molar-refractivity contribution in [3.8, 4) is 22.3 Å². The zero-order valence-corrected chi connectivity index (χ0v) is 17.9. The molecule has 4 nitrogen and oxygen atoms in total. The van der Waals surface area contributed by atoms with E-state index in [9.17, 15) is 18.3 Å². The fourth-order valence-corrected chi connectivity index (χ4v) is 4.47. The van der Waals surface area contributed by atoms with Crippen LogP contribution >= 0.6 is 0 Å². The van der Waals surface area contributed by atoms with Crippen molar-refractivity contribution in [1.82, 2.24) is 14.9 Å². The Morgan fingerprint density at radius 2 is 1.73 bits per heavy atom. The van der Waals surface area contributed by atoms with Gasteiger partial charge in [0.2, 0.25) is 0 Å². The minimum atomic E-state index is -4.35. The van der Waals surface area contributed by atoms with Gasteiger partial charge in [0.25, 0.3) is 0 Å². The molecule has 7 heteroatoms. The Bertz CT molecular complexity index is 1250. The number of hydrogen-bond acceptors (Lipinski definition) is 3. The molecule has 0 spiro atoms. The van der Waals surface area contributed by atoms with Crippen LogP contribution in [0, 0.1) is 0 Å². The average molecular weight is 451 g/mol. The molecule has 1 aliphatic heterocycles. The summed E-state index contributed by atoms with van der Waals surface area (Å²) in [6.07, 6.45) is 0.872. The van der Waals surface area contributed by atoms with E-state index in [1.165, 1.54) is 17.7 Å². The maximum Gasteiger partial charge on any atom is 0.416 e. The van der Waals surface area contributed by atoms with Crippen LogP contribution in [0.25, 0.3) is 33.3 Å². The monoisotopic (exact) mass is 451 g/mol. The van der Waals surface area contributed by atoms with Crippen LogP contribution in [0.1, 0.15) is 24.0 Å². The number of benzene rings is 2. The molecule has 4 aromatic rings. The first kappa shape index (κ1) is 21.7. The lowest BCUT2D eigenvalue weighted by Gasteiger charge is -2.29. The molecule has 5 rings (SSSR count). The van der Waals surface area contributed by atoms with Gasteiger partial charge in [-0.25, -0.2) is 4.98 Å². The molecule has 33 heavy (non-hydrogen) atoms. The van der Waals surface area contributed by atoms with E-state index in [1.54, 1.807) is 12.4 Å². The number of fused-ring (bicyclic) bond motifs is 1. The molecule has 0 amide bonds. The number of H-pyrrole nitrogens is 1. The van der Waals surface area contributed by atoms with Gasteiger partial charge in [0.05, 0.1) is 11.7 Å². The normalized spacial score (nSPS) is 17.5. The number of hydrogen-bond donors (Lipinski definition) is 2. The Hall–Kier alpha value is -3.16. The van der Waals surface area contributed by atoms with Gasteiger partial charge in [-0.05, 0) is 54.3 Å². The Kier molecular flexibility index (Phi) is 5.68. The molecule has 1 saturated heterocycles. The molecule has 1 aliphatic rings. The SMILES string of the molecule is OC1CCCN(Cc2ccc(-c3cnc4[nH]cc(-c5ccc(C(F)(F)F)cc5)c4c3)cc2)C1. The summed E-state index contributed by atoms with van der Waals surface area (Å²) < 4.78 is 38.7. The van der Waals surface area contributed by atoms with Crippen LogP contribution in [0.2, 0.25) is 0 Å². The molecule has 2 N–H and O–H groups in total. The summed E-state index contributed by atoms with van der Waals surface area (Å²) in [5.41, 5.74) is 4.69. The number of nitrogens with one attached hydrogen (secondary N) is 1. The number of aliphatic hydroxyl groups excluding tert-OH is 1. The van der Waals surface area contributed by atoms with Crippen molar-refractivity contribution < 1.29 is 18.3 Å². The lowest BCUT2D eigenvalue weighted by Crippen LogP contribution is -2.37. The summed E-state index contributed by atoms with van der Waals surface area (Å²) in [6, 6.07) is 15.5. The summed E-state index contributed by atoms with van der Waals surface area (Å²) >= 11 is 0. The minimum absolute atomic E-state index is 0.240. The molecule has 1 fully saturated rings. The van der Waals surface area contributed by atoms with Crippen molar-refractivity contribution in [1.29, 1.82) is 0 Å². The molecule has 1 atom stereocenters. The Balaban J connectivity index is 1.39. The van der Waals surface area contributed by atoms with Crippen LogP contribution in [0.5, 0.6) is 0 Å². The van der Waals surface area contributed by atoms with Crippen LogP contribution in [-0.2, 0) is 12.7 Å². The third-order valence-electron chi connectivity index (χ3n) is 6.23. The first-order valence-corrected chi connectivity index (χ1v) is 11.0. The molecule has 170 valence electrons. The predicted molar refractivity (Wildman–Crippen MR) is 122 cm³/mol. The van der Waals surface area contributed by atoms with E-state index >= 15 is 0 Å². The maximum absolute atomic E-state index is 12.9. The second kappa shape index (κ2) is 8.65. The number of β-amino-alcohol motifs (C(OH)–C–C–N with tert-alkyl or cyclic N) is 1. The number of aliphatic hydroxyl groups is 1. The number of likely N-dealkylation sites (tertiary alicyclic amines) is 1. The van der Waals surface area contributed by atoms with Gasteiger partial charge < -0.3 is 10.1 Å². The lowest BCUT2D eigenvalue weighted by molar-refractivity contribution is -0.137. The summed E-state index contributed by atoms with van der Waals surface area (Å²) in [5.74, 6) is 0. The Morgan fingerprint density at radius 3 is 2.42 bits per heavy atom. The molecule has 0 aliphatic carbocycles. The molecule has 2 aromatic carbocycles. The van der Waals surface area contributed by atoms with Gasteiger partial charge in [0, 0.05) is 42.0 Å². The summed E-state index contributed by atoms with van der Waals surface area (Å²) in [4.78, 5) is 9.89. The van der Waals surface area contributed by atoms with E-state index in [1.807, 2.05) is 6.07 Å². The van der Waals surface area contributed by atoms with Crippen molar-refractivity contribution in [2.75, 3.05) is 13.1 Å². The lowest BCUT2D eigenvalue weighted by atomic mass is 10.0. The van der Waals surface area contributed by atoms with E-state index < -0.39 is 11.7 Å². The van der Waals surface area contributed by atoms with Crippen molar-refractivity contribution in [3.05, 3.63) is 78.1 Å². The van der Waals surface area contributed by atoms with E-state index in [0.717, 1.165) is 60.1 Å². The molecule has 2 aromatic heterocycles. The highest BCUT2D eigenvalue weighted by Crippen LogP contribution is 2.34. The number of aromatic amines is 1. The van der Waals surface area contributed by atoms with Crippen LogP contribution in [0.4, 0.5) is 13.2 Å². The topological polar surface area (TPSA) is 52.1 Å². The first-order valence-electron chi connectivity index (χ1n) is 11.0. The van der Waals surface area contributed by atoms with Crippen LogP contribution in [0.15, 0.2) is 67.0 Å². The highest BCUT2D eigenvalue weighted by Gasteiger charge is 2.30. The van der Waals surface area contributed by atoms with Crippen LogP contribution in [-0.4, -0.2) is 39.2 Å². The van der Waals surface area contributed by atoms with Gasteiger partial charge in [-0.3, -0.25) is 4.90 Å². The summed E-state index contributed by atoms with van der Waals surface area (Å²) in [6.45, 7) is 2.52. The van der Waals surface area contributed by atoms with Gasteiger partial charge in [0.1, 0.15) is 5.65 Å². The smallest absolute Gasteiger partial charge is 0.392 e. The number of alkyl halides is 3. The van der Waals surface area contributed by atoms with Gasteiger partial charge in [-0.2, -0.15) is 13.2 Å². The van der Waals surface area contributed by atoms with E-state index in [0.29, 0.717) is 17.8 Å². The van der Waals surface area contributed by atoms with E-state index in [-0.39, 0.29) is 6.10 Å². The van der Waals surface area contributed by atoms with Crippen molar-refractivity contribution in [2.45, 2.75) is 31.7 Å². The fraction of sp³-hybridized carbons (Fsp3) is 0.269. The number of piperidine rings is 1. The molecule has 0 saturated carbocycles. The Morgan fingerprint density at radius 1 is 1.00 bits per heavy atom. The van der Waals surface area contributed by atoms with E-state index in [4.69, 9.17) is 0 Å². The molecule has 3 heterocycles. The van der Waals surface area contributed by atoms with Gasteiger partial charge >= 0.3 is 6.18 Å². The number of halogens is 3. The van der Waals surface area contributed by atoms with Gasteiger partial charge in [0.15, 0.2) is 0 Å². The number of nitrogens with zero attached hydrogens (tertiary/aromatic N) is 2. The second-order valence-corrected chi connectivity index (χ2v) is 8.63. The zero-order chi connectivity index (χ0) is 23.0. The molecule has 0 radical (unpaired) electrons. The summed E-state index contributed by atoms with van der Waals surface area (Å²) in [7, 11) is 0. The fourth-order valence-electron chi connectivity index (χ4n) is 4.47. The largest absolute Gasteiger partial charge is 0.416 e. The second-order valence-electron chi connectivity index (χ2n) is 8.63. The molecule has 0 bridgehead atoms. The standard InChI is InChI=1S/C26H24F3N3O/c27-26(28,29)21-9-7-19(8-10-21)24-14-31-25-23(24)12-20(13-30-25)18-5-3-17(4-6-18)15-32-11-1-2-22(33)16-32/h3-10,12-14,22,33H,1-2,11,15-16H2,(H,30,31). The minimum Gasteiger partial charge on any atom is -0.392 e. The highest BCUT2D eigenvalue weighted by atomic mass is 19.4. The van der Waals surface area contributed by atoms with Gasteiger partial charge in [-0.15, -0.1) is 0 Å². The number of aromatic nitrogens is 2. The molecular weight excluding hydrogens is 427 g/mol. The van der Waals surface area contributed by atoms with Crippen LogP contribution < -0.4 is 0 Å². The number of rotatable bonds is 4. The van der Waals surface area contributed by atoms with Crippen molar-refractivity contribution >= 4 is 11.0 Å². The average Bonchev–Trinajstić information content (AvgIpc) is 3.22.